The minimum Gasteiger partial charge on any atom is -0.381 e. The number of aryl methyl sites for hydroxylation is 2. The number of pyridine rings is 1. The van der Waals surface area contributed by atoms with E-state index in [4.69, 9.17) is 4.74 Å². The topological polar surface area (TPSA) is 22.1 Å². The Kier molecular flexibility index (Phi) is 6.02. The van der Waals surface area contributed by atoms with E-state index >= 15 is 0 Å². The van der Waals surface area contributed by atoms with Gasteiger partial charge in [0.25, 0.3) is 0 Å². The van der Waals surface area contributed by atoms with Crippen molar-refractivity contribution in [2.75, 3.05) is 13.2 Å². The average molecular weight is 207 g/mol. The molecule has 1 aromatic heterocycles. The van der Waals surface area contributed by atoms with Crippen LogP contribution in [0.25, 0.3) is 0 Å². The molecule has 0 spiro atoms. The van der Waals surface area contributed by atoms with Crippen LogP contribution in [0.3, 0.4) is 0 Å². The van der Waals surface area contributed by atoms with Crippen LogP contribution in [-0.2, 0) is 11.2 Å². The zero-order valence-corrected chi connectivity index (χ0v) is 9.83. The Hall–Kier alpha value is -0.890. The van der Waals surface area contributed by atoms with Gasteiger partial charge in [0.1, 0.15) is 0 Å². The molecule has 0 saturated carbocycles. The maximum absolute atomic E-state index is 5.50. The summed E-state index contributed by atoms with van der Waals surface area (Å²) in [5, 5.41) is 0. The standard InChI is InChI=1S/C13H21NO/c1-3-4-10-15-11-6-9-13-8-5-7-12(2)14-13/h5,7-8H,3-4,6,9-11H2,1-2H3. The van der Waals surface area contributed by atoms with E-state index in [2.05, 4.69) is 24.0 Å². The third-order valence-electron chi connectivity index (χ3n) is 2.31. The summed E-state index contributed by atoms with van der Waals surface area (Å²) in [5.74, 6) is 0. The number of unbranched alkanes of at least 4 members (excludes halogenated alkanes) is 1. The van der Waals surface area contributed by atoms with Crippen LogP contribution >= 0.6 is 0 Å². The summed E-state index contributed by atoms with van der Waals surface area (Å²) < 4.78 is 5.50. The number of hydrogen-bond acceptors (Lipinski definition) is 2. The largest absolute Gasteiger partial charge is 0.381 e. The molecule has 0 atom stereocenters. The van der Waals surface area contributed by atoms with Gasteiger partial charge >= 0.3 is 0 Å². The molecule has 0 N–H and O–H groups in total. The van der Waals surface area contributed by atoms with Crippen LogP contribution in [0.15, 0.2) is 18.2 Å². The van der Waals surface area contributed by atoms with E-state index in [1.807, 2.05) is 13.0 Å². The summed E-state index contributed by atoms with van der Waals surface area (Å²) in [6.07, 6.45) is 4.47. The maximum atomic E-state index is 5.50. The molecule has 0 saturated heterocycles. The number of hydrogen-bond donors (Lipinski definition) is 0. The molecule has 2 nitrogen and oxygen atoms in total. The van der Waals surface area contributed by atoms with Crippen molar-refractivity contribution < 1.29 is 4.74 Å². The normalized spacial score (nSPS) is 10.5. The highest BCUT2D eigenvalue weighted by Gasteiger charge is 1.95. The molecule has 84 valence electrons. The van der Waals surface area contributed by atoms with Crippen LogP contribution < -0.4 is 0 Å². The molecule has 0 aliphatic rings. The van der Waals surface area contributed by atoms with Gasteiger partial charge < -0.3 is 4.74 Å². The summed E-state index contributed by atoms with van der Waals surface area (Å²) in [6, 6.07) is 6.18. The second kappa shape index (κ2) is 7.41. The third-order valence-corrected chi connectivity index (χ3v) is 2.31. The highest BCUT2D eigenvalue weighted by Crippen LogP contribution is 2.01. The van der Waals surface area contributed by atoms with Gasteiger partial charge in [-0.05, 0) is 38.3 Å². The summed E-state index contributed by atoms with van der Waals surface area (Å²) in [4.78, 5) is 4.45. The Morgan fingerprint density at radius 2 is 2.00 bits per heavy atom. The fraction of sp³-hybridized carbons (Fsp3) is 0.615. The molecule has 1 heterocycles. The number of aromatic nitrogens is 1. The molecule has 0 aliphatic heterocycles. The average Bonchev–Trinajstić information content (AvgIpc) is 2.23. The van der Waals surface area contributed by atoms with Gasteiger partial charge in [0, 0.05) is 24.6 Å². The zero-order chi connectivity index (χ0) is 10.9. The maximum Gasteiger partial charge on any atom is 0.0469 e. The first-order valence-electron chi connectivity index (χ1n) is 5.83. The Bertz CT molecular complexity index is 273. The Morgan fingerprint density at radius 1 is 1.20 bits per heavy atom. The van der Waals surface area contributed by atoms with Crippen LogP contribution in [0.4, 0.5) is 0 Å². The lowest BCUT2D eigenvalue weighted by Gasteiger charge is -2.03. The molecular formula is C13H21NO. The molecule has 0 amide bonds. The zero-order valence-electron chi connectivity index (χ0n) is 9.83. The molecule has 0 unspecified atom stereocenters. The molecule has 2 heteroatoms. The van der Waals surface area contributed by atoms with Crippen molar-refractivity contribution in [3.63, 3.8) is 0 Å². The van der Waals surface area contributed by atoms with Gasteiger partial charge in [0.15, 0.2) is 0 Å². The van der Waals surface area contributed by atoms with Crippen LogP contribution in [0, 0.1) is 6.92 Å². The number of nitrogens with zero attached hydrogens (tertiary/aromatic N) is 1. The number of rotatable bonds is 7. The summed E-state index contributed by atoms with van der Waals surface area (Å²) >= 11 is 0. The van der Waals surface area contributed by atoms with Gasteiger partial charge in [-0.2, -0.15) is 0 Å². The predicted octanol–water partition coefficient (Wildman–Crippen LogP) is 3.14. The Morgan fingerprint density at radius 3 is 2.73 bits per heavy atom. The molecule has 1 rings (SSSR count). The van der Waals surface area contributed by atoms with E-state index in [1.165, 1.54) is 18.5 Å². The molecule has 0 aliphatic carbocycles. The lowest BCUT2D eigenvalue weighted by atomic mass is 10.2. The SMILES string of the molecule is CCCCOCCCc1cccc(C)n1. The molecule has 15 heavy (non-hydrogen) atoms. The van der Waals surface area contributed by atoms with Gasteiger partial charge in [-0.15, -0.1) is 0 Å². The van der Waals surface area contributed by atoms with Crippen molar-refractivity contribution in [1.29, 1.82) is 0 Å². The smallest absolute Gasteiger partial charge is 0.0469 e. The van der Waals surface area contributed by atoms with E-state index in [0.717, 1.165) is 31.7 Å². The van der Waals surface area contributed by atoms with Crippen LogP contribution in [-0.4, -0.2) is 18.2 Å². The van der Waals surface area contributed by atoms with Gasteiger partial charge in [-0.25, -0.2) is 0 Å². The fourth-order valence-corrected chi connectivity index (χ4v) is 1.44. The Balaban J connectivity index is 2.10. The summed E-state index contributed by atoms with van der Waals surface area (Å²) in [7, 11) is 0. The van der Waals surface area contributed by atoms with Crippen molar-refractivity contribution >= 4 is 0 Å². The van der Waals surface area contributed by atoms with E-state index < -0.39 is 0 Å². The van der Waals surface area contributed by atoms with E-state index in [0.29, 0.717) is 0 Å². The Labute approximate surface area is 92.7 Å². The van der Waals surface area contributed by atoms with Crippen LogP contribution in [0.5, 0.6) is 0 Å². The minimum atomic E-state index is 0.857. The van der Waals surface area contributed by atoms with E-state index in [9.17, 15) is 0 Å². The van der Waals surface area contributed by atoms with Crippen molar-refractivity contribution in [3.05, 3.63) is 29.6 Å². The molecule has 0 aromatic carbocycles. The third kappa shape index (κ3) is 5.53. The van der Waals surface area contributed by atoms with Crippen molar-refractivity contribution in [2.24, 2.45) is 0 Å². The highest BCUT2D eigenvalue weighted by molar-refractivity contribution is 5.09. The molecule has 0 radical (unpaired) electrons. The van der Waals surface area contributed by atoms with Crippen LogP contribution in [0.2, 0.25) is 0 Å². The van der Waals surface area contributed by atoms with Gasteiger partial charge in [0.05, 0.1) is 0 Å². The highest BCUT2D eigenvalue weighted by atomic mass is 16.5. The van der Waals surface area contributed by atoms with E-state index in [1.54, 1.807) is 0 Å². The lowest BCUT2D eigenvalue weighted by molar-refractivity contribution is 0.129. The lowest BCUT2D eigenvalue weighted by Crippen LogP contribution is -1.99. The first kappa shape index (κ1) is 12.2. The van der Waals surface area contributed by atoms with Gasteiger partial charge in [0.2, 0.25) is 0 Å². The van der Waals surface area contributed by atoms with Crippen molar-refractivity contribution in [3.8, 4) is 0 Å². The predicted molar refractivity (Wildman–Crippen MR) is 63.0 cm³/mol. The fourth-order valence-electron chi connectivity index (χ4n) is 1.44. The second-order valence-corrected chi connectivity index (χ2v) is 3.84. The summed E-state index contributed by atoms with van der Waals surface area (Å²) in [6.45, 7) is 5.97. The molecule has 0 bridgehead atoms. The minimum absolute atomic E-state index is 0.857. The molecule has 0 fully saturated rings. The van der Waals surface area contributed by atoms with E-state index in [-0.39, 0.29) is 0 Å². The van der Waals surface area contributed by atoms with Crippen molar-refractivity contribution in [1.82, 2.24) is 4.98 Å². The monoisotopic (exact) mass is 207 g/mol. The molecule has 1 aromatic rings. The quantitative estimate of drug-likeness (QED) is 0.641. The van der Waals surface area contributed by atoms with Crippen LogP contribution in [0.1, 0.15) is 37.6 Å². The second-order valence-electron chi connectivity index (χ2n) is 3.84. The van der Waals surface area contributed by atoms with Crippen molar-refractivity contribution in [2.45, 2.75) is 39.5 Å². The summed E-state index contributed by atoms with van der Waals surface area (Å²) in [5.41, 5.74) is 2.27. The first-order valence-corrected chi connectivity index (χ1v) is 5.83. The van der Waals surface area contributed by atoms with Gasteiger partial charge in [-0.3, -0.25) is 4.98 Å². The molecular weight excluding hydrogens is 186 g/mol. The first-order chi connectivity index (χ1) is 7.33. The van der Waals surface area contributed by atoms with Gasteiger partial charge in [-0.1, -0.05) is 19.4 Å². The number of ether oxygens (including phenoxy) is 1.